The minimum absolute atomic E-state index is 0.355. The highest BCUT2D eigenvalue weighted by Gasteiger charge is 2.13. The van der Waals surface area contributed by atoms with Crippen LogP contribution >= 0.6 is 23.1 Å². The van der Waals surface area contributed by atoms with Crippen molar-refractivity contribution in [2.24, 2.45) is 0 Å². The molecule has 2 amide bonds. The van der Waals surface area contributed by atoms with Gasteiger partial charge < -0.3 is 19.7 Å². The lowest BCUT2D eigenvalue weighted by atomic mass is 10.2. The molecule has 4 rings (SSSR count). The molecular formula is C28H31FN4O3S2. The van der Waals surface area contributed by atoms with Crippen molar-refractivity contribution in [3.8, 4) is 11.5 Å². The predicted molar refractivity (Wildman–Crippen MR) is 154 cm³/mol. The Kier molecular flexibility index (Phi) is 9.80. The number of ether oxygens (including phenoxy) is 2. The zero-order chi connectivity index (χ0) is 26.9. The summed E-state index contributed by atoms with van der Waals surface area (Å²) in [6.07, 6.45) is 2.72. The fourth-order valence-electron chi connectivity index (χ4n) is 3.86. The molecule has 0 saturated heterocycles. The number of benzene rings is 2. The number of anilines is 2. The van der Waals surface area contributed by atoms with Crippen LogP contribution in [0, 0.1) is 5.82 Å². The molecule has 0 fully saturated rings. The monoisotopic (exact) mass is 554 g/mol. The quantitative estimate of drug-likeness (QED) is 0.178. The van der Waals surface area contributed by atoms with Gasteiger partial charge in [0, 0.05) is 34.8 Å². The summed E-state index contributed by atoms with van der Waals surface area (Å²) in [6.45, 7) is 7.99. The van der Waals surface area contributed by atoms with E-state index in [1.165, 1.54) is 35.6 Å². The second-order valence-electron chi connectivity index (χ2n) is 8.36. The Balaban J connectivity index is 1.42. The molecule has 10 heteroatoms. The smallest absolute Gasteiger partial charge is 0.324 e. The van der Waals surface area contributed by atoms with Crippen molar-refractivity contribution >= 4 is 50.7 Å². The first kappa shape index (κ1) is 27.7. The number of methoxy groups -OCH3 is 1. The summed E-state index contributed by atoms with van der Waals surface area (Å²) in [5, 5.41) is 7.17. The Morgan fingerprint density at radius 2 is 1.84 bits per heavy atom. The third-order valence-corrected chi connectivity index (χ3v) is 8.10. The lowest BCUT2D eigenvalue weighted by Gasteiger charge is -2.18. The van der Waals surface area contributed by atoms with Gasteiger partial charge in [-0.2, -0.15) is 0 Å². The number of rotatable bonds is 12. The standard InChI is InChI=1S/C28H31FN4O3S2/c1-4-33(5-2)15-6-16-36-24-18-22-21(17-23(24)35-3)25(13-14-30-22)37-27-12-11-26(38-27)32-28(34)31-20-9-7-19(29)8-10-20/h7-14,17-18H,4-6,15-16H2,1-3H3,(H2,31,32,34). The molecule has 2 aromatic carbocycles. The first-order chi connectivity index (χ1) is 18.5. The van der Waals surface area contributed by atoms with Crippen molar-refractivity contribution in [1.82, 2.24) is 9.88 Å². The molecule has 0 saturated carbocycles. The number of amides is 2. The highest BCUT2D eigenvalue weighted by molar-refractivity contribution is 8.01. The maximum Gasteiger partial charge on any atom is 0.324 e. The van der Waals surface area contributed by atoms with Crippen LogP contribution in [0.2, 0.25) is 0 Å². The molecule has 0 aliphatic rings. The van der Waals surface area contributed by atoms with Gasteiger partial charge in [0.15, 0.2) is 11.5 Å². The normalized spacial score (nSPS) is 11.1. The fraction of sp³-hybridized carbons (Fsp3) is 0.286. The Morgan fingerprint density at radius 1 is 1.05 bits per heavy atom. The third kappa shape index (κ3) is 7.37. The van der Waals surface area contributed by atoms with Crippen LogP contribution in [-0.2, 0) is 0 Å². The Morgan fingerprint density at radius 3 is 2.58 bits per heavy atom. The van der Waals surface area contributed by atoms with Gasteiger partial charge in [-0.1, -0.05) is 25.6 Å². The summed E-state index contributed by atoms with van der Waals surface area (Å²) in [6, 6.07) is 14.9. The number of carbonyl (C=O) groups excluding carboxylic acids is 1. The van der Waals surface area contributed by atoms with Crippen molar-refractivity contribution in [2.45, 2.75) is 29.4 Å². The molecule has 0 atom stereocenters. The van der Waals surface area contributed by atoms with Crippen LogP contribution in [0.25, 0.3) is 10.9 Å². The SMILES string of the molecule is CCN(CC)CCCOc1cc2nccc(Sc3ccc(NC(=O)Nc4ccc(F)cc4)s3)c2cc1OC. The molecule has 0 aliphatic carbocycles. The van der Waals surface area contributed by atoms with Crippen LogP contribution in [0.5, 0.6) is 11.5 Å². The fourth-order valence-corrected chi connectivity index (χ4v) is 5.95. The number of pyridine rings is 1. The number of aromatic nitrogens is 1. The van der Waals surface area contributed by atoms with Gasteiger partial charge in [-0.25, -0.2) is 9.18 Å². The topological polar surface area (TPSA) is 75.7 Å². The molecule has 2 heterocycles. The van der Waals surface area contributed by atoms with E-state index >= 15 is 0 Å². The number of nitrogens with zero attached hydrogens (tertiary/aromatic N) is 2. The zero-order valence-corrected chi connectivity index (χ0v) is 23.3. The largest absolute Gasteiger partial charge is 0.493 e. The van der Waals surface area contributed by atoms with Gasteiger partial charge in [-0.3, -0.25) is 10.3 Å². The Hall–Kier alpha value is -3.34. The molecule has 4 aromatic rings. The molecule has 200 valence electrons. The highest BCUT2D eigenvalue weighted by Crippen LogP contribution is 2.41. The molecule has 0 aliphatic heterocycles. The lowest BCUT2D eigenvalue weighted by Crippen LogP contribution is -2.25. The minimum Gasteiger partial charge on any atom is -0.493 e. The summed E-state index contributed by atoms with van der Waals surface area (Å²) < 4.78 is 25.8. The maximum atomic E-state index is 13.1. The average Bonchev–Trinajstić information content (AvgIpc) is 3.36. The van der Waals surface area contributed by atoms with E-state index in [1.54, 1.807) is 25.1 Å². The van der Waals surface area contributed by atoms with E-state index in [1.807, 2.05) is 30.3 Å². The number of thiophene rings is 1. The van der Waals surface area contributed by atoms with Crippen LogP contribution in [0.4, 0.5) is 19.9 Å². The van der Waals surface area contributed by atoms with Crippen LogP contribution in [-0.4, -0.2) is 49.3 Å². The van der Waals surface area contributed by atoms with E-state index in [0.29, 0.717) is 28.8 Å². The molecule has 0 radical (unpaired) electrons. The molecule has 2 N–H and O–H groups in total. The molecule has 0 unspecified atom stereocenters. The summed E-state index contributed by atoms with van der Waals surface area (Å²) in [5.74, 6) is 0.997. The van der Waals surface area contributed by atoms with Crippen LogP contribution in [0.3, 0.4) is 0 Å². The number of hydrogen-bond acceptors (Lipinski definition) is 7. The number of halogens is 1. The molecule has 2 aromatic heterocycles. The molecule has 0 bridgehead atoms. The molecule has 0 spiro atoms. The van der Waals surface area contributed by atoms with E-state index in [9.17, 15) is 9.18 Å². The van der Waals surface area contributed by atoms with Crippen LogP contribution in [0.15, 0.2) is 69.9 Å². The Bertz CT molecular complexity index is 1360. The van der Waals surface area contributed by atoms with E-state index in [2.05, 4.69) is 34.4 Å². The van der Waals surface area contributed by atoms with Crippen LogP contribution in [0.1, 0.15) is 20.3 Å². The van der Waals surface area contributed by atoms with Gasteiger partial charge >= 0.3 is 6.03 Å². The summed E-state index contributed by atoms with van der Waals surface area (Å²) in [5.41, 5.74) is 1.34. The van der Waals surface area contributed by atoms with Crippen molar-refractivity contribution in [2.75, 3.05) is 44.0 Å². The third-order valence-electron chi connectivity index (χ3n) is 5.89. The number of urea groups is 1. The van der Waals surface area contributed by atoms with Gasteiger partial charge in [0.25, 0.3) is 0 Å². The maximum absolute atomic E-state index is 13.1. The van der Waals surface area contributed by atoms with E-state index in [-0.39, 0.29) is 5.82 Å². The van der Waals surface area contributed by atoms with E-state index in [4.69, 9.17) is 9.47 Å². The summed E-state index contributed by atoms with van der Waals surface area (Å²) >= 11 is 3.05. The zero-order valence-electron chi connectivity index (χ0n) is 21.6. The van der Waals surface area contributed by atoms with Gasteiger partial charge in [0.05, 0.1) is 28.4 Å². The number of hydrogen-bond donors (Lipinski definition) is 2. The van der Waals surface area contributed by atoms with Crippen LogP contribution < -0.4 is 20.1 Å². The first-order valence-corrected chi connectivity index (χ1v) is 14.1. The summed E-state index contributed by atoms with van der Waals surface area (Å²) in [4.78, 5) is 20.3. The molecule has 7 nitrogen and oxygen atoms in total. The van der Waals surface area contributed by atoms with Crippen molar-refractivity contribution < 1.29 is 18.7 Å². The number of carbonyl (C=O) groups is 1. The number of fused-ring (bicyclic) bond motifs is 1. The van der Waals surface area contributed by atoms with Gasteiger partial charge in [0.1, 0.15) is 5.82 Å². The van der Waals surface area contributed by atoms with Gasteiger partial charge in [0.2, 0.25) is 0 Å². The highest BCUT2D eigenvalue weighted by atomic mass is 32.2. The van der Waals surface area contributed by atoms with Gasteiger partial charge in [-0.15, -0.1) is 11.3 Å². The van der Waals surface area contributed by atoms with Crippen molar-refractivity contribution in [3.63, 3.8) is 0 Å². The minimum atomic E-state index is -0.390. The molecule has 38 heavy (non-hydrogen) atoms. The Labute approximate surface area is 230 Å². The van der Waals surface area contributed by atoms with Gasteiger partial charge in [-0.05, 0) is 68.0 Å². The van der Waals surface area contributed by atoms with E-state index < -0.39 is 6.03 Å². The first-order valence-electron chi connectivity index (χ1n) is 12.4. The lowest BCUT2D eigenvalue weighted by molar-refractivity contribution is 0.243. The summed E-state index contributed by atoms with van der Waals surface area (Å²) in [7, 11) is 1.64. The van der Waals surface area contributed by atoms with E-state index in [0.717, 1.165) is 46.1 Å². The second kappa shape index (κ2) is 13.5. The van der Waals surface area contributed by atoms with Crippen molar-refractivity contribution in [1.29, 1.82) is 0 Å². The second-order valence-corrected chi connectivity index (χ2v) is 10.8. The predicted octanol–water partition coefficient (Wildman–Crippen LogP) is 7.35. The number of nitrogens with one attached hydrogen (secondary N) is 2. The van der Waals surface area contributed by atoms with Crippen molar-refractivity contribution in [3.05, 3.63) is 66.6 Å². The molecular weight excluding hydrogens is 523 g/mol. The average molecular weight is 555 g/mol.